The molecule has 6 heteroatoms. The van der Waals surface area contributed by atoms with E-state index in [-0.39, 0.29) is 60.8 Å². The maximum absolute atomic E-state index is 12.0. The van der Waals surface area contributed by atoms with Crippen molar-refractivity contribution < 1.29 is 28.6 Å². The highest BCUT2D eigenvalue weighted by molar-refractivity contribution is 5.86. The van der Waals surface area contributed by atoms with Crippen molar-refractivity contribution in [2.24, 2.45) is 23.7 Å². The Morgan fingerprint density at radius 2 is 2.09 bits per heavy atom. The van der Waals surface area contributed by atoms with Gasteiger partial charge in [-0.1, -0.05) is 13.5 Å². The number of carbonyl (C=O) groups excluding carboxylic acids is 3. The molecular formula is C17H22O6. The SMILES string of the molecule is C=C(C)C(=O)OCCCC(=O)OC1C2CC3C1OC(=O)C3C2C. The monoisotopic (exact) mass is 322 g/mol. The maximum atomic E-state index is 12.0. The average Bonchev–Trinajstić information content (AvgIpc) is 3.07. The molecule has 126 valence electrons. The maximum Gasteiger partial charge on any atom is 0.333 e. The van der Waals surface area contributed by atoms with E-state index in [9.17, 15) is 14.4 Å². The van der Waals surface area contributed by atoms with Gasteiger partial charge in [-0.3, -0.25) is 9.59 Å². The van der Waals surface area contributed by atoms with Gasteiger partial charge in [0.15, 0.2) is 0 Å². The Hall–Kier alpha value is -1.85. The Bertz CT molecular complexity index is 553. The number of fused-ring (bicyclic) bond motifs is 1. The highest BCUT2D eigenvalue weighted by Crippen LogP contribution is 2.58. The molecule has 0 aromatic heterocycles. The Labute approximate surface area is 135 Å². The first-order valence-corrected chi connectivity index (χ1v) is 8.12. The largest absolute Gasteiger partial charge is 0.462 e. The van der Waals surface area contributed by atoms with Crippen molar-refractivity contribution in [3.63, 3.8) is 0 Å². The molecule has 6 atom stereocenters. The summed E-state index contributed by atoms with van der Waals surface area (Å²) in [6, 6.07) is 0. The van der Waals surface area contributed by atoms with E-state index in [1.54, 1.807) is 6.92 Å². The molecule has 3 fully saturated rings. The average molecular weight is 322 g/mol. The lowest BCUT2D eigenvalue weighted by Crippen LogP contribution is -2.39. The van der Waals surface area contributed by atoms with Gasteiger partial charge in [-0.25, -0.2) is 4.79 Å². The highest BCUT2D eigenvalue weighted by atomic mass is 16.6. The van der Waals surface area contributed by atoms with Crippen LogP contribution in [0.3, 0.4) is 0 Å². The summed E-state index contributed by atoms with van der Waals surface area (Å²) in [6.07, 6.45) is 0.898. The molecule has 6 unspecified atom stereocenters. The van der Waals surface area contributed by atoms with Crippen molar-refractivity contribution in [1.29, 1.82) is 0 Å². The molecule has 1 saturated heterocycles. The summed E-state index contributed by atoms with van der Waals surface area (Å²) < 4.78 is 15.9. The summed E-state index contributed by atoms with van der Waals surface area (Å²) in [7, 11) is 0. The van der Waals surface area contributed by atoms with Gasteiger partial charge in [-0.15, -0.1) is 0 Å². The zero-order valence-electron chi connectivity index (χ0n) is 13.4. The minimum atomic E-state index is -0.454. The van der Waals surface area contributed by atoms with Crippen molar-refractivity contribution in [1.82, 2.24) is 0 Å². The van der Waals surface area contributed by atoms with Crippen molar-refractivity contribution >= 4 is 17.9 Å². The van der Waals surface area contributed by atoms with Crippen LogP contribution in [0.1, 0.15) is 33.1 Å². The fourth-order valence-electron chi connectivity index (χ4n) is 4.22. The molecule has 0 N–H and O–H groups in total. The number of hydrogen-bond donors (Lipinski definition) is 0. The van der Waals surface area contributed by atoms with E-state index in [4.69, 9.17) is 14.2 Å². The van der Waals surface area contributed by atoms with E-state index < -0.39 is 5.97 Å². The van der Waals surface area contributed by atoms with Gasteiger partial charge >= 0.3 is 17.9 Å². The van der Waals surface area contributed by atoms with Crippen LogP contribution in [0.4, 0.5) is 0 Å². The van der Waals surface area contributed by atoms with Gasteiger partial charge in [-0.2, -0.15) is 0 Å². The minimum Gasteiger partial charge on any atom is -0.462 e. The van der Waals surface area contributed by atoms with Gasteiger partial charge in [0.1, 0.15) is 12.2 Å². The van der Waals surface area contributed by atoms with Crippen LogP contribution in [0.2, 0.25) is 0 Å². The van der Waals surface area contributed by atoms with E-state index in [1.165, 1.54) is 0 Å². The van der Waals surface area contributed by atoms with Crippen molar-refractivity contribution in [2.45, 2.75) is 45.3 Å². The zero-order chi connectivity index (χ0) is 16.7. The summed E-state index contributed by atoms with van der Waals surface area (Å²) in [5, 5.41) is 0. The van der Waals surface area contributed by atoms with Gasteiger partial charge < -0.3 is 14.2 Å². The third kappa shape index (κ3) is 2.75. The molecule has 2 aliphatic carbocycles. The lowest BCUT2D eigenvalue weighted by Gasteiger charge is -2.29. The van der Waals surface area contributed by atoms with E-state index in [0.29, 0.717) is 12.0 Å². The van der Waals surface area contributed by atoms with Crippen LogP contribution in [0.15, 0.2) is 12.2 Å². The summed E-state index contributed by atoms with van der Waals surface area (Å²) in [6.45, 7) is 7.26. The fourth-order valence-corrected chi connectivity index (χ4v) is 4.22. The molecule has 0 aromatic rings. The Balaban J connectivity index is 1.45. The van der Waals surface area contributed by atoms with Crippen LogP contribution < -0.4 is 0 Å². The molecule has 0 radical (unpaired) electrons. The van der Waals surface area contributed by atoms with Crippen molar-refractivity contribution in [2.75, 3.05) is 6.61 Å². The molecule has 6 nitrogen and oxygen atoms in total. The molecular weight excluding hydrogens is 300 g/mol. The molecule has 0 spiro atoms. The van der Waals surface area contributed by atoms with E-state index in [2.05, 4.69) is 6.58 Å². The molecule has 23 heavy (non-hydrogen) atoms. The van der Waals surface area contributed by atoms with Gasteiger partial charge in [0, 0.05) is 23.8 Å². The van der Waals surface area contributed by atoms with Crippen molar-refractivity contribution in [3.8, 4) is 0 Å². The molecule has 3 rings (SSSR count). The second kappa shape index (κ2) is 5.98. The van der Waals surface area contributed by atoms with Gasteiger partial charge in [-0.05, 0) is 25.7 Å². The lowest BCUT2D eigenvalue weighted by atomic mass is 9.80. The van der Waals surface area contributed by atoms with Crippen molar-refractivity contribution in [3.05, 3.63) is 12.2 Å². The first kappa shape index (κ1) is 16.0. The third-order valence-electron chi connectivity index (χ3n) is 5.31. The topological polar surface area (TPSA) is 78.9 Å². The predicted octanol–water partition coefficient (Wildman–Crippen LogP) is 1.63. The summed E-state index contributed by atoms with van der Waals surface area (Å²) in [4.78, 5) is 35.1. The minimum absolute atomic E-state index is 0.0125. The number of hydrogen-bond acceptors (Lipinski definition) is 6. The second-order valence-electron chi connectivity index (χ2n) is 6.82. The van der Waals surface area contributed by atoms with Crippen LogP contribution in [0.25, 0.3) is 0 Å². The Morgan fingerprint density at radius 1 is 1.35 bits per heavy atom. The predicted molar refractivity (Wildman–Crippen MR) is 79.0 cm³/mol. The van der Waals surface area contributed by atoms with Crippen LogP contribution in [0.5, 0.6) is 0 Å². The summed E-state index contributed by atoms with van der Waals surface area (Å²) in [5.41, 5.74) is 0.334. The highest BCUT2D eigenvalue weighted by Gasteiger charge is 2.66. The van der Waals surface area contributed by atoms with Crippen LogP contribution in [-0.4, -0.2) is 36.7 Å². The fraction of sp³-hybridized carbons (Fsp3) is 0.706. The normalized spacial score (nSPS) is 36.7. The first-order valence-electron chi connectivity index (χ1n) is 8.12. The summed E-state index contributed by atoms with van der Waals surface area (Å²) >= 11 is 0. The number of ether oxygens (including phenoxy) is 3. The quantitative estimate of drug-likeness (QED) is 0.320. The van der Waals surface area contributed by atoms with Gasteiger partial charge in [0.2, 0.25) is 0 Å². The molecule has 1 heterocycles. The zero-order valence-corrected chi connectivity index (χ0v) is 13.4. The molecule has 2 saturated carbocycles. The second-order valence-corrected chi connectivity index (χ2v) is 6.82. The third-order valence-corrected chi connectivity index (χ3v) is 5.31. The number of rotatable bonds is 6. The molecule has 0 amide bonds. The van der Waals surface area contributed by atoms with Crippen LogP contribution in [-0.2, 0) is 28.6 Å². The van der Waals surface area contributed by atoms with Gasteiger partial charge in [0.25, 0.3) is 0 Å². The smallest absolute Gasteiger partial charge is 0.333 e. The Kier molecular flexibility index (Phi) is 4.17. The lowest BCUT2D eigenvalue weighted by molar-refractivity contribution is -0.162. The molecule has 1 aliphatic heterocycles. The molecule has 2 bridgehead atoms. The number of carbonyl (C=O) groups is 3. The van der Waals surface area contributed by atoms with E-state index >= 15 is 0 Å². The first-order chi connectivity index (χ1) is 10.9. The van der Waals surface area contributed by atoms with E-state index in [0.717, 1.165) is 6.42 Å². The molecule has 0 aromatic carbocycles. The standard InChI is InChI=1S/C17H22O6/c1-8(2)16(19)21-6-4-5-12(18)22-14-10-7-11-13(9(10)3)17(20)23-15(11)14/h9-11,13-15H,1,4-7H2,2-3H3. The van der Waals surface area contributed by atoms with E-state index in [1.807, 2.05) is 6.92 Å². The van der Waals surface area contributed by atoms with Crippen LogP contribution in [0, 0.1) is 23.7 Å². The summed E-state index contributed by atoms with van der Waals surface area (Å²) in [5.74, 6) is -0.310. The Morgan fingerprint density at radius 3 is 2.78 bits per heavy atom. The molecule has 3 aliphatic rings. The van der Waals surface area contributed by atoms with Crippen LogP contribution >= 0.6 is 0 Å². The van der Waals surface area contributed by atoms with Gasteiger partial charge in [0.05, 0.1) is 12.5 Å². The number of esters is 3.